The monoisotopic (exact) mass is 148 g/mol. The van der Waals surface area contributed by atoms with E-state index in [1.165, 1.54) is 23.7 Å². The Morgan fingerprint density at radius 1 is 1.09 bits per heavy atom. The van der Waals surface area contributed by atoms with Gasteiger partial charge in [-0.15, -0.1) is 0 Å². The van der Waals surface area contributed by atoms with Gasteiger partial charge in [0.05, 0.1) is 0 Å². The van der Waals surface area contributed by atoms with Crippen molar-refractivity contribution >= 4 is 0 Å². The molecule has 4 rings (SSSR count). The van der Waals surface area contributed by atoms with Gasteiger partial charge in [0.1, 0.15) is 0 Å². The Kier molecular flexibility index (Phi) is 0.661. The molecule has 0 aromatic heterocycles. The number of rotatable bonds is 0. The van der Waals surface area contributed by atoms with Crippen LogP contribution in [0.3, 0.4) is 0 Å². The summed E-state index contributed by atoms with van der Waals surface area (Å²) in [6.45, 7) is 2.51. The molecule has 4 aliphatic rings. The normalized spacial score (nSPS) is 75.5. The van der Waals surface area contributed by atoms with Crippen molar-refractivity contribution < 1.29 is 0 Å². The zero-order chi connectivity index (χ0) is 7.22. The van der Waals surface area contributed by atoms with Crippen LogP contribution in [0.5, 0.6) is 0 Å². The zero-order valence-electron chi connectivity index (χ0n) is 7.22. The Hall–Kier alpha value is 0. The molecule has 0 aromatic carbocycles. The molecule has 4 fully saturated rings. The first-order chi connectivity index (χ1) is 5.32. The molecule has 4 aliphatic carbocycles. The standard InChI is InChI=1S/C11H16/c1-6-9-3-7-2-8-4-10(6)11(8,9)5-7/h6-10H,2-5H2,1H3/t6-,7?,8?,9?,10?,11?/m1/s1. The molecule has 0 heterocycles. The van der Waals surface area contributed by atoms with Gasteiger partial charge in [0, 0.05) is 0 Å². The average Bonchev–Trinajstić information content (AvgIpc) is 2.45. The number of hydrogen-bond donors (Lipinski definition) is 0. The zero-order valence-corrected chi connectivity index (χ0v) is 7.22. The summed E-state index contributed by atoms with van der Waals surface area (Å²) in [4.78, 5) is 0. The summed E-state index contributed by atoms with van der Waals surface area (Å²) in [5.74, 6) is 5.92. The molecule has 0 N–H and O–H groups in total. The second-order valence-corrected chi connectivity index (χ2v) is 5.66. The van der Waals surface area contributed by atoms with Crippen LogP contribution >= 0.6 is 0 Å². The Balaban J connectivity index is 1.86. The Labute approximate surface area is 68.4 Å². The minimum absolute atomic E-state index is 0.976. The minimum atomic E-state index is 0.976. The van der Waals surface area contributed by atoms with Crippen LogP contribution in [0.2, 0.25) is 0 Å². The number of hydrogen-bond acceptors (Lipinski definition) is 0. The summed E-state index contributed by atoms with van der Waals surface area (Å²) < 4.78 is 0. The molecule has 0 aromatic rings. The van der Waals surface area contributed by atoms with Crippen molar-refractivity contribution in [3.63, 3.8) is 0 Å². The summed E-state index contributed by atoms with van der Waals surface area (Å²) in [5, 5.41) is 0. The predicted molar refractivity (Wildman–Crippen MR) is 44.0 cm³/mol. The lowest BCUT2D eigenvalue weighted by Crippen LogP contribution is -2.64. The predicted octanol–water partition coefficient (Wildman–Crippen LogP) is 2.69. The highest BCUT2D eigenvalue weighted by Crippen LogP contribution is 2.82. The van der Waals surface area contributed by atoms with E-state index in [-0.39, 0.29) is 0 Å². The largest absolute Gasteiger partial charge is 0.0619 e. The van der Waals surface area contributed by atoms with Crippen molar-refractivity contribution in [2.75, 3.05) is 0 Å². The van der Waals surface area contributed by atoms with Crippen LogP contribution in [0, 0.1) is 35.0 Å². The number of fused-ring (bicyclic) bond motifs is 1. The topological polar surface area (TPSA) is 0 Å². The fourth-order valence-corrected chi connectivity index (χ4v) is 5.56. The van der Waals surface area contributed by atoms with Gasteiger partial charge in [0.15, 0.2) is 0 Å². The molecule has 2 bridgehead atoms. The molecule has 5 unspecified atom stereocenters. The van der Waals surface area contributed by atoms with Crippen molar-refractivity contribution in [2.45, 2.75) is 32.6 Å². The van der Waals surface area contributed by atoms with Gasteiger partial charge in [-0.3, -0.25) is 0 Å². The van der Waals surface area contributed by atoms with Crippen LogP contribution < -0.4 is 0 Å². The Morgan fingerprint density at radius 3 is 2.64 bits per heavy atom. The second kappa shape index (κ2) is 1.30. The molecule has 0 heteroatoms. The Morgan fingerprint density at radius 2 is 1.91 bits per heavy atom. The average molecular weight is 148 g/mol. The first kappa shape index (κ1) is 5.61. The van der Waals surface area contributed by atoms with E-state index in [1.807, 2.05) is 0 Å². The highest BCUT2D eigenvalue weighted by atomic mass is 14.8. The van der Waals surface area contributed by atoms with Crippen LogP contribution in [0.4, 0.5) is 0 Å². The highest BCUT2D eigenvalue weighted by molar-refractivity contribution is 5.24. The molecule has 0 saturated heterocycles. The van der Waals surface area contributed by atoms with E-state index in [0.29, 0.717) is 0 Å². The van der Waals surface area contributed by atoms with Gasteiger partial charge in [-0.25, -0.2) is 0 Å². The first-order valence-corrected chi connectivity index (χ1v) is 5.32. The second-order valence-electron chi connectivity index (χ2n) is 5.66. The smallest absolute Gasteiger partial charge is 0.0204 e. The third kappa shape index (κ3) is 0.346. The minimum Gasteiger partial charge on any atom is -0.0619 e. The third-order valence-electron chi connectivity index (χ3n) is 5.80. The SMILES string of the molecule is C[C@@H]1C2CC3CC4CC1C42C3. The Bertz CT molecular complexity index is 232. The van der Waals surface area contributed by atoms with Gasteiger partial charge in [-0.2, -0.15) is 0 Å². The van der Waals surface area contributed by atoms with E-state index < -0.39 is 0 Å². The van der Waals surface area contributed by atoms with Crippen molar-refractivity contribution in [3.05, 3.63) is 0 Å². The lowest BCUT2D eigenvalue weighted by atomic mass is 9.34. The third-order valence-corrected chi connectivity index (χ3v) is 5.80. The van der Waals surface area contributed by atoms with Crippen molar-refractivity contribution in [2.24, 2.45) is 35.0 Å². The van der Waals surface area contributed by atoms with Gasteiger partial charge in [-0.05, 0) is 60.7 Å². The quantitative estimate of drug-likeness (QED) is 0.495. The van der Waals surface area contributed by atoms with Gasteiger partial charge in [-0.1, -0.05) is 6.92 Å². The lowest BCUT2D eigenvalue weighted by Gasteiger charge is -2.70. The van der Waals surface area contributed by atoms with Crippen LogP contribution in [0.15, 0.2) is 0 Å². The molecular formula is C11H16. The molecule has 4 saturated carbocycles. The summed E-state index contributed by atoms with van der Waals surface area (Å²) in [6.07, 6.45) is 6.51. The molecule has 60 valence electrons. The summed E-state index contributed by atoms with van der Waals surface area (Å²) in [5.41, 5.74) is 0.976. The highest BCUT2D eigenvalue weighted by Gasteiger charge is 2.76. The van der Waals surface area contributed by atoms with E-state index >= 15 is 0 Å². The molecule has 0 aliphatic heterocycles. The van der Waals surface area contributed by atoms with Gasteiger partial charge < -0.3 is 0 Å². The summed E-state index contributed by atoms with van der Waals surface area (Å²) in [6, 6.07) is 0. The van der Waals surface area contributed by atoms with E-state index in [1.54, 1.807) is 25.7 Å². The van der Waals surface area contributed by atoms with Gasteiger partial charge in [0.25, 0.3) is 0 Å². The summed E-state index contributed by atoms with van der Waals surface area (Å²) >= 11 is 0. The maximum Gasteiger partial charge on any atom is -0.0204 e. The maximum atomic E-state index is 2.51. The fraction of sp³-hybridized carbons (Fsp3) is 1.00. The lowest BCUT2D eigenvalue weighted by molar-refractivity contribution is -0.221. The molecule has 0 radical (unpaired) electrons. The van der Waals surface area contributed by atoms with E-state index in [9.17, 15) is 0 Å². The molecular weight excluding hydrogens is 132 g/mol. The molecule has 0 amide bonds. The van der Waals surface area contributed by atoms with Crippen molar-refractivity contribution in [1.82, 2.24) is 0 Å². The summed E-state index contributed by atoms with van der Waals surface area (Å²) in [7, 11) is 0. The molecule has 11 heavy (non-hydrogen) atoms. The van der Waals surface area contributed by atoms with Crippen LogP contribution in [-0.4, -0.2) is 0 Å². The first-order valence-electron chi connectivity index (χ1n) is 5.32. The van der Waals surface area contributed by atoms with Crippen molar-refractivity contribution in [1.29, 1.82) is 0 Å². The van der Waals surface area contributed by atoms with E-state index in [0.717, 1.165) is 11.3 Å². The fourth-order valence-electron chi connectivity index (χ4n) is 5.56. The molecule has 0 nitrogen and oxygen atoms in total. The van der Waals surface area contributed by atoms with Gasteiger partial charge >= 0.3 is 0 Å². The van der Waals surface area contributed by atoms with Crippen molar-refractivity contribution in [3.8, 4) is 0 Å². The van der Waals surface area contributed by atoms with Gasteiger partial charge in [0.2, 0.25) is 0 Å². The van der Waals surface area contributed by atoms with E-state index in [2.05, 4.69) is 6.92 Å². The van der Waals surface area contributed by atoms with E-state index in [4.69, 9.17) is 0 Å². The van der Waals surface area contributed by atoms with Crippen LogP contribution in [0.1, 0.15) is 32.6 Å². The van der Waals surface area contributed by atoms with Crippen LogP contribution in [-0.2, 0) is 0 Å². The molecule has 1 spiro atoms. The molecule has 6 atom stereocenters. The maximum absolute atomic E-state index is 2.51. The van der Waals surface area contributed by atoms with Crippen LogP contribution in [0.25, 0.3) is 0 Å².